The summed E-state index contributed by atoms with van der Waals surface area (Å²) in [6, 6.07) is 13.7. The third-order valence-electron chi connectivity index (χ3n) is 4.58. The summed E-state index contributed by atoms with van der Waals surface area (Å²) in [7, 11) is -3.82. The van der Waals surface area contributed by atoms with Gasteiger partial charge in [0.2, 0.25) is 15.9 Å². The molecule has 2 N–H and O–H groups in total. The van der Waals surface area contributed by atoms with E-state index in [4.69, 9.17) is 4.74 Å². The van der Waals surface area contributed by atoms with Gasteiger partial charge in [-0.1, -0.05) is 30.3 Å². The van der Waals surface area contributed by atoms with Crippen LogP contribution < -0.4 is 14.8 Å². The number of nitrogens with one attached hydrogen (secondary N) is 2. The van der Waals surface area contributed by atoms with Crippen LogP contribution in [-0.2, 0) is 21.2 Å². The van der Waals surface area contributed by atoms with E-state index in [1.54, 1.807) is 19.1 Å². The molecule has 0 saturated heterocycles. The number of benzene rings is 2. The number of amides is 1. The molecule has 0 radical (unpaired) electrons. The first-order valence-corrected chi connectivity index (χ1v) is 11.3. The highest BCUT2D eigenvalue weighted by atomic mass is 32.2. The molecule has 2 atom stereocenters. The van der Waals surface area contributed by atoms with E-state index in [9.17, 15) is 13.2 Å². The number of hydrogen-bond donors (Lipinski definition) is 2. The van der Waals surface area contributed by atoms with Gasteiger partial charge in [0.05, 0.1) is 17.5 Å². The molecule has 0 heterocycles. The van der Waals surface area contributed by atoms with E-state index < -0.39 is 16.1 Å². The Morgan fingerprint density at radius 1 is 1.10 bits per heavy atom. The summed E-state index contributed by atoms with van der Waals surface area (Å²) >= 11 is 0. The predicted molar refractivity (Wildman–Crippen MR) is 114 cm³/mol. The Labute approximate surface area is 173 Å². The Balaban J connectivity index is 1.92. The van der Waals surface area contributed by atoms with E-state index in [2.05, 4.69) is 10.0 Å². The molecule has 0 bridgehead atoms. The summed E-state index contributed by atoms with van der Waals surface area (Å²) in [6.45, 7) is 7.61. The molecule has 2 aromatic rings. The lowest BCUT2D eigenvalue weighted by molar-refractivity contribution is -0.123. The third kappa shape index (κ3) is 6.87. The number of rotatable bonds is 10. The quantitative estimate of drug-likeness (QED) is 0.621. The molecule has 2 aromatic carbocycles. The SMILES string of the molecule is CCOc1ccc(S(=O)(=O)N[C@H](C)C(=O)N[C@@H](C)CCc2ccccc2)cc1C. The second-order valence-corrected chi connectivity index (χ2v) is 8.85. The fourth-order valence-electron chi connectivity index (χ4n) is 2.93. The highest BCUT2D eigenvalue weighted by Crippen LogP contribution is 2.22. The second-order valence-electron chi connectivity index (χ2n) is 7.14. The molecule has 7 heteroatoms. The molecule has 0 aliphatic rings. The largest absolute Gasteiger partial charge is 0.494 e. The molecule has 0 aliphatic heterocycles. The summed E-state index contributed by atoms with van der Waals surface area (Å²) in [5, 5.41) is 2.88. The number of aryl methyl sites for hydroxylation is 2. The van der Waals surface area contributed by atoms with Gasteiger partial charge in [0.1, 0.15) is 5.75 Å². The van der Waals surface area contributed by atoms with Crippen molar-refractivity contribution in [3.8, 4) is 5.75 Å². The van der Waals surface area contributed by atoms with Gasteiger partial charge in [-0.25, -0.2) is 8.42 Å². The van der Waals surface area contributed by atoms with Crippen molar-refractivity contribution in [1.29, 1.82) is 0 Å². The minimum Gasteiger partial charge on any atom is -0.494 e. The maximum absolute atomic E-state index is 12.6. The summed E-state index contributed by atoms with van der Waals surface area (Å²) in [4.78, 5) is 12.5. The lowest BCUT2D eigenvalue weighted by Crippen LogP contribution is -2.47. The third-order valence-corrected chi connectivity index (χ3v) is 6.12. The fraction of sp³-hybridized carbons (Fsp3) is 0.409. The summed E-state index contributed by atoms with van der Waals surface area (Å²) in [6.07, 6.45) is 1.61. The number of hydrogen-bond acceptors (Lipinski definition) is 4. The first kappa shape index (κ1) is 22.9. The molecule has 6 nitrogen and oxygen atoms in total. The summed E-state index contributed by atoms with van der Waals surface area (Å²) < 4.78 is 33.2. The van der Waals surface area contributed by atoms with E-state index in [1.807, 2.05) is 44.2 Å². The summed E-state index contributed by atoms with van der Waals surface area (Å²) in [5.41, 5.74) is 1.93. The smallest absolute Gasteiger partial charge is 0.241 e. The number of carbonyl (C=O) groups excluding carboxylic acids is 1. The van der Waals surface area contributed by atoms with Gasteiger partial charge in [0.25, 0.3) is 0 Å². The van der Waals surface area contributed by atoms with Gasteiger partial charge in [-0.05, 0) is 69.9 Å². The van der Waals surface area contributed by atoms with Crippen LogP contribution in [0.3, 0.4) is 0 Å². The van der Waals surface area contributed by atoms with Crippen molar-refractivity contribution in [2.24, 2.45) is 0 Å². The lowest BCUT2D eigenvalue weighted by atomic mass is 10.1. The van der Waals surface area contributed by atoms with Crippen LogP contribution >= 0.6 is 0 Å². The van der Waals surface area contributed by atoms with Crippen LogP contribution in [0.1, 0.15) is 38.3 Å². The number of sulfonamides is 1. The molecule has 0 fully saturated rings. The van der Waals surface area contributed by atoms with Crippen LogP contribution in [-0.4, -0.2) is 33.0 Å². The van der Waals surface area contributed by atoms with Crippen LogP contribution in [0.15, 0.2) is 53.4 Å². The molecule has 0 unspecified atom stereocenters. The van der Waals surface area contributed by atoms with Crippen molar-refractivity contribution in [3.05, 3.63) is 59.7 Å². The van der Waals surface area contributed by atoms with Crippen LogP contribution in [0.2, 0.25) is 0 Å². The molecule has 2 rings (SSSR count). The maximum Gasteiger partial charge on any atom is 0.241 e. The Morgan fingerprint density at radius 3 is 2.41 bits per heavy atom. The van der Waals surface area contributed by atoms with Gasteiger partial charge in [-0.15, -0.1) is 0 Å². The van der Waals surface area contributed by atoms with Gasteiger partial charge in [0, 0.05) is 6.04 Å². The van der Waals surface area contributed by atoms with Crippen LogP contribution in [0.4, 0.5) is 0 Å². The van der Waals surface area contributed by atoms with Gasteiger partial charge < -0.3 is 10.1 Å². The van der Waals surface area contributed by atoms with Crippen molar-refractivity contribution >= 4 is 15.9 Å². The molecule has 1 amide bonds. The van der Waals surface area contributed by atoms with Crippen molar-refractivity contribution in [1.82, 2.24) is 10.0 Å². The van der Waals surface area contributed by atoms with Crippen molar-refractivity contribution in [3.63, 3.8) is 0 Å². The summed E-state index contributed by atoms with van der Waals surface area (Å²) in [5.74, 6) is 0.293. The Hall–Kier alpha value is -2.38. The zero-order valence-corrected chi connectivity index (χ0v) is 18.3. The maximum atomic E-state index is 12.6. The number of ether oxygens (including phenoxy) is 1. The highest BCUT2D eigenvalue weighted by Gasteiger charge is 2.23. The average Bonchev–Trinajstić information content (AvgIpc) is 2.68. The van der Waals surface area contributed by atoms with E-state index in [0.717, 1.165) is 18.4 Å². The van der Waals surface area contributed by atoms with Gasteiger partial charge >= 0.3 is 0 Å². The average molecular weight is 419 g/mol. The number of carbonyl (C=O) groups is 1. The highest BCUT2D eigenvalue weighted by molar-refractivity contribution is 7.89. The van der Waals surface area contributed by atoms with Crippen LogP contribution in [0.25, 0.3) is 0 Å². The first-order valence-electron chi connectivity index (χ1n) is 9.83. The molecule has 0 spiro atoms. The molecule has 158 valence electrons. The van der Waals surface area contributed by atoms with Gasteiger partial charge in [-0.2, -0.15) is 4.72 Å². The van der Waals surface area contributed by atoms with Crippen LogP contribution in [0, 0.1) is 6.92 Å². The van der Waals surface area contributed by atoms with Gasteiger partial charge in [-0.3, -0.25) is 4.79 Å². The topological polar surface area (TPSA) is 84.5 Å². The molecule has 29 heavy (non-hydrogen) atoms. The van der Waals surface area contributed by atoms with Crippen molar-refractivity contribution in [2.45, 2.75) is 57.5 Å². The van der Waals surface area contributed by atoms with Crippen molar-refractivity contribution in [2.75, 3.05) is 6.61 Å². The minimum absolute atomic E-state index is 0.0672. The Morgan fingerprint density at radius 2 is 1.79 bits per heavy atom. The molecular weight excluding hydrogens is 388 g/mol. The second kappa shape index (κ2) is 10.4. The zero-order chi connectivity index (χ0) is 21.4. The Bertz CT molecular complexity index is 914. The normalized spacial score (nSPS) is 13.5. The minimum atomic E-state index is -3.82. The standard InChI is InChI=1S/C22H30N2O4S/c1-5-28-21-14-13-20(15-16(21)2)29(26,27)24-18(4)22(25)23-17(3)11-12-19-9-7-6-8-10-19/h6-10,13-15,17-18,24H,5,11-12H2,1-4H3,(H,23,25)/t17-,18+/m0/s1. The zero-order valence-electron chi connectivity index (χ0n) is 17.4. The molecule has 0 saturated carbocycles. The van der Waals surface area contributed by atoms with Crippen LogP contribution in [0.5, 0.6) is 5.75 Å². The fourth-order valence-corrected chi connectivity index (χ4v) is 4.22. The van der Waals surface area contributed by atoms with Crippen molar-refractivity contribution < 1.29 is 17.9 Å². The monoisotopic (exact) mass is 418 g/mol. The van der Waals surface area contributed by atoms with E-state index in [1.165, 1.54) is 18.6 Å². The Kier molecular flexibility index (Phi) is 8.22. The molecule has 0 aliphatic carbocycles. The molecular formula is C22H30N2O4S. The van der Waals surface area contributed by atoms with E-state index in [0.29, 0.717) is 12.4 Å². The van der Waals surface area contributed by atoms with E-state index in [-0.39, 0.29) is 16.8 Å². The first-order chi connectivity index (χ1) is 13.7. The molecule has 0 aromatic heterocycles. The van der Waals surface area contributed by atoms with Gasteiger partial charge in [0.15, 0.2) is 0 Å². The predicted octanol–water partition coefficient (Wildman–Crippen LogP) is 3.20. The lowest BCUT2D eigenvalue weighted by Gasteiger charge is -2.19. The van der Waals surface area contributed by atoms with E-state index >= 15 is 0 Å².